The largest absolute Gasteiger partial charge is 0.307 e. The Hall–Kier alpha value is -0.860. The third kappa shape index (κ3) is 3.80. The monoisotopic (exact) mass is 260 g/mol. The predicted molar refractivity (Wildman–Crippen MR) is 82.4 cm³/mol. The lowest BCUT2D eigenvalue weighted by Gasteiger charge is -2.46. The van der Waals surface area contributed by atoms with Crippen molar-refractivity contribution in [2.45, 2.75) is 51.6 Å². The lowest BCUT2D eigenvalue weighted by Crippen LogP contribution is -2.59. The molecule has 1 aromatic carbocycles. The third-order valence-electron chi connectivity index (χ3n) is 4.27. The van der Waals surface area contributed by atoms with E-state index in [1.165, 1.54) is 31.4 Å². The summed E-state index contributed by atoms with van der Waals surface area (Å²) in [5.41, 5.74) is 1.69. The summed E-state index contributed by atoms with van der Waals surface area (Å²) in [7, 11) is 0. The summed E-state index contributed by atoms with van der Waals surface area (Å²) in [4.78, 5) is 2.66. The van der Waals surface area contributed by atoms with Gasteiger partial charge in [-0.25, -0.2) is 0 Å². The third-order valence-corrected chi connectivity index (χ3v) is 4.27. The molecular weight excluding hydrogens is 232 g/mol. The van der Waals surface area contributed by atoms with E-state index in [2.05, 4.69) is 61.3 Å². The van der Waals surface area contributed by atoms with Gasteiger partial charge in [0.15, 0.2) is 0 Å². The van der Waals surface area contributed by atoms with E-state index in [9.17, 15) is 0 Å². The van der Waals surface area contributed by atoms with E-state index in [1.54, 1.807) is 0 Å². The zero-order valence-electron chi connectivity index (χ0n) is 12.7. The molecule has 1 aliphatic heterocycles. The molecule has 1 fully saturated rings. The van der Waals surface area contributed by atoms with Crippen molar-refractivity contribution in [1.29, 1.82) is 0 Å². The van der Waals surface area contributed by atoms with Crippen LogP contribution in [0.15, 0.2) is 30.3 Å². The van der Waals surface area contributed by atoms with Crippen LogP contribution in [0.25, 0.3) is 0 Å². The Kier molecular flexibility index (Phi) is 5.00. The van der Waals surface area contributed by atoms with Gasteiger partial charge in [-0.1, -0.05) is 50.1 Å². The smallest absolute Gasteiger partial charge is 0.0450 e. The molecule has 1 aliphatic rings. The summed E-state index contributed by atoms with van der Waals surface area (Å²) in [6.07, 6.45) is 3.96. The lowest BCUT2D eigenvalue weighted by molar-refractivity contribution is 0.0642. The van der Waals surface area contributed by atoms with Crippen molar-refractivity contribution in [3.63, 3.8) is 0 Å². The van der Waals surface area contributed by atoms with Gasteiger partial charge >= 0.3 is 0 Å². The topological polar surface area (TPSA) is 15.3 Å². The molecule has 0 radical (unpaired) electrons. The molecule has 0 aliphatic carbocycles. The molecule has 2 heteroatoms. The molecule has 0 amide bonds. The number of hydrogen-bond donors (Lipinski definition) is 1. The molecule has 1 N–H and O–H groups in total. The first-order chi connectivity index (χ1) is 9.13. The second-order valence-corrected chi connectivity index (χ2v) is 6.31. The number of benzene rings is 1. The predicted octanol–water partition coefficient (Wildman–Crippen LogP) is 3.60. The summed E-state index contributed by atoms with van der Waals surface area (Å²) in [5.74, 6) is 0. The van der Waals surface area contributed by atoms with Gasteiger partial charge in [0.25, 0.3) is 0 Å². The molecule has 1 unspecified atom stereocenters. The van der Waals surface area contributed by atoms with Crippen molar-refractivity contribution >= 4 is 0 Å². The maximum atomic E-state index is 3.70. The van der Waals surface area contributed by atoms with Crippen LogP contribution in [0.5, 0.6) is 0 Å². The van der Waals surface area contributed by atoms with Gasteiger partial charge in [0.1, 0.15) is 0 Å². The Bertz CT molecular complexity index is 372. The molecule has 0 spiro atoms. The summed E-state index contributed by atoms with van der Waals surface area (Å²) < 4.78 is 0. The average molecular weight is 260 g/mol. The number of hydrogen-bond acceptors (Lipinski definition) is 2. The van der Waals surface area contributed by atoms with Crippen molar-refractivity contribution in [1.82, 2.24) is 10.2 Å². The summed E-state index contributed by atoms with van der Waals surface area (Å²) >= 11 is 0. The minimum atomic E-state index is 0.277. The van der Waals surface area contributed by atoms with Gasteiger partial charge < -0.3 is 5.32 Å². The van der Waals surface area contributed by atoms with Crippen LogP contribution in [-0.2, 0) is 0 Å². The minimum Gasteiger partial charge on any atom is -0.307 e. The molecule has 2 rings (SSSR count). The van der Waals surface area contributed by atoms with E-state index >= 15 is 0 Å². The quantitative estimate of drug-likeness (QED) is 0.814. The molecule has 1 heterocycles. The van der Waals surface area contributed by atoms with Gasteiger partial charge in [0.05, 0.1) is 0 Å². The standard InChI is InChI=1S/C17H28N2/c1-4-5-9-12-19-13-16(18-14-17(19,2)3)15-10-7-6-8-11-15/h6-8,10-11,16,18H,4-5,9,12-14H2,1-3H3. The molecule has 0 bridgehead atoms. The number of rotatable bonds is 5. The Morgan fingerprint density at radius 1 is 1.21 bits per heavy atom. The van der Waals surface area contributed by atoms with Gasteiger partial charge in [0.2, 0.25) is 0 Å². The number of nitrogens with zero attached hydrogens (tertiary/aromatic N) is 1. The first kappa shape index (κ1) is 14.5. The zero-order valence-corrected chi connectivity index (χ0v) is 12.7. The molecule has 0 aromatic heterocycles. The lowest BCUT2D eigenvalue weighted by atomic mass is 9.94. The highest BCUT2D eigenvalue weighted by Crippen LogP contribution is 2.26. The summed E-state index contributed by atoms with van der Waals surface area (Å²) in [6, 6.07) is 11.3. The molecular formula is C17H28N2. The van der Waals surface area contributed by atoms with E-state index in [1.807, 2.05) is 0 Å². The Morgan fingerprint density at radius 3 is 2.63 bits per heavy atom. The van der Waals surface area contributed by atoms with Crippen molar-refractivity contribution in [3.8, 4) is 0 Å². The van der Waals surface area contributed by atoms with Crippen LogP contribution < -0.4 is 5.32 Å². The number of unbranched alkanes of at least 4 members (excludes halogenated alkanes) is 2. The van der Waals surface area contributed by atoms with Crippen molar-refractivity contribution in [2.75, 3.05) is 19.6 Å². The maximum absolute atomic E-state index is 3.70. The average Bonchev–Trinajstić information content (AvgIpc) is 2.42. The molecule has 0 saturated carbocycles. The Morgan fingerprint density at radius 2 is 1.95 bits per heavy atom. The van der Waals surface area contributed by atoms with Crippen LogP contribution in [0.1, 0.15) is 51.6 Å². The zero-order chi connectivity index (χ0) is 13.7. The van der Waals surface area contributed by atoms with E-state index in [-0.39, 0.29) is 5.54 Å². The van der Waals surface area contributed by atoms with E-state index in [4.69, 9.17) is 0 Å². The second kappa shape index (κ2) is 6.53. The molecule has 19 heavy (non-hydrogen) atoms. The van der Waals surface area contributed by atoms with Crippen molar-refractivity contribution < 1.29 is 0 Å². The fraction of sp³-hybridized carbons (Fsp3) is 0.647. The number of nitrogens with one attached hydrogen (secondary N) is 1. The molecule has 1 aromatic rings. The van der Waals surface area contributed by atoms with E-state index in [0.29, 0.717) is 6.04 Å². The van der Waals surface area contributed by atoms with Crippen LogP contribution in [-0.4, -0.2) is 30.1 Å². The minimum absolute atomic E-state index is 0.277. The van der Waals surface area contributed by atoms with Gasteiger partial charge in [-0.15, -0.1) is 0 Å². The molecule has 1 saturated heterocycles. The molecule has 1 atom stereocenters. The number of piperazine rings is 1. The Labute approximate surface area is 118 Å². The van der Waals surface area contributed by atoms with Crippen LogP contribution in [0.2, 0.25) is 0 Å². The summed E-state index contributed by atoms with van der Waals surface area (Å²) in [5, 5.41) is 3.70. The van der Waals surface area contributed by atoms with Crippen LogP contribution >= 0.6 is 0 Å². The Balaban J connectivity index is 1.99. The van der Waals surface area contributed by atoms with E-state index < -0.39 is 0 Å². The fourth-order valence-electron chi connectivity index (χ4n) is 2.87. The second-order valence-electron chi connectivity index (χ2n) is 6.31. The van der Waals surface area contributed by atoms with Gasteiger partial charge in [-0.2, -0.15) is 0 Å². The van der Waals surface area contributed by atoms with Crippen LogP contribution in [0.3, 0.4) is 0 Å². The normalized spacial score (nSPS) is 23.4. The maximum Gasteiger partial charge on any atom is 0.0450 e. The highest BCUT2D eigenvalue weighted by atomic mass is 15.3. The fourth-order valence-corrected chi connectivity index (χ4v) is 2.87. The SMILES string of the molecule is CCCCCN1CC(c2ccccc2)NCC1(C)C. The van der Waals surface area contributed by atoms with E-state index in [0.717, 1.165) is 13.1 Å². The molecule has 2 nitrogen and oxygen atoms in total. The van der Waals surface area contributed by atoms with Crippen LogP contribution in [0, 0.1) is 0 Å². The van der Waals surface area contributed by atoms with Crippen molar-refractivity contribution in [3.05, 3.63) is 35.9 Å². The highest BCUT2D eigenvalue weighted by molar-refractivity contribution is 5.20. The molecule has 106 valence electrons. The first-order valence-corrected chi connectivity index (χ1v) is 7.67. The van der Waals surface area contributed by atoms with Gasteiger partial charge in [0, 0.05) is 24.7 Å². The van der Waals surface area contributed by atoms with Gasteiger partial charge in [-0.05, 0) is 32.4 Å². The van der Waals surface area contributed by atoms with Crippen LogP contribution in [0.4, 0.5) is 0 Å². The highest BCUT2D eigenvalue weighted by Gasteiger charge is 2.33. The van der Waals surface area contributed by atoms with Crippen molar-refractivity contribution in [2.24, 2.45) is 0 Å². The summed E-state index contributed by atoms with van der Waals surface area (Å²) in [6.45, 7) is 10.4. The first-order valence-electron chi connectivity index (χ1n) is 7.67. The van der Waals surface area contributed by atoms with Gasteiger partial charge in [-0.3, -0.25) is 4.90 Å².